The van der Waals surface area contributed by atoms with Gasteiger partial charge in [-0.1, -0.05) is 6.07 Å². The summed E-state index contributed by atoms with van der Waals surface area (Å²) in [6.07, 6.45) is 5.51. The maximum Gasteiger partial charge on any atom is 0.0416 e. The first-order valence-electron chi connectivity index (χ1n) is 7.82. The molecule has 3 nitrogen and oxygen atoms in total. The molecule has 0 unspecified atom stereocenters. The molecule has 0 spiro atoms. The number of hydrogen-bond acceptors (Lipinski definition) is 3. The highest BCUT2D eigenvalue weighted by Crippen LogP contribution is 2.22. The van der Waals surface area contributed by atoms with Crippen LogP contribution in [-0.4, -0.2) is 53.0 Å². The average Bonchev–Trinajstić information content (AvgIpc) is 2.45. The average molecular weight is 275 g/mol. The summed E-state index contributed by atoms with van der Waals surface area (Å²) in [5, 5.41) is 0. The van der Waals surface area contributed by atoms with Crippen molar-refractivity contribution in [2.75, 3.05) is 26.7 Å². The topological polar surface area (TPSA) is 19.4 Å². The third-order valence-electron chi connectivity index (χ3n) is 4.48. The molecule has 0 bridgehead atoms. The second kappa shape index (κ2) is 6.68. The van der Waals surface area contributed by atoms with Gasteiger partial charge < -0.3 is 4.90 Å². The second-order valence-electron chi connectivity index (χ2n) is 6.94. The van der Waals surface area contributed by atoms with Crippen molar-refractivity contribution in [3.8, 4) is 0 Å². The van der Waals surface area contributed by atoms with Gasteiger partial charge in [0, 0.05) is 49.5 Å². The molecule has 0 aromatic carbocycles. The van der Waals surface area contributed by atoms with Crippen LogP contribution in [0.1, 0.15) is 39.3 Å². The summed E-state index contributed by atoms with van der Waals surface area (Å²) >= 11 is 0. The third kappa shape index (κ3) is 4.29. The minimum absolute atomic E-state index is 0.317. The van der Waals surface area contributed by atoms with Crippen molar-refractivity contribution in [1.29, 1.82) is 0 Å². The zero-order valence-corrected chi connectivity index (χ0v) is 13.5. The Hall–Kier alpha value is -0.930. The standard InChI is InChI=1S/C17H29N3/c1-17(2,3)20-13-9-16(10-14-20)19(4)12-8-15-7-5-6-11-18-15/h5-7,11,16H,8-10,12-14H2,1-4H3. The van der Waals surface area contributed by atoms with Gasteiger partial charge in [0.25, 0.3) is 0 Å². The van der Waals surface area contributed by atoms with Gasteiger partial charge in [0.05, 0.1) is 0 Å². The van der Waals surface area contributed by atoms with Gasteiger partial charge in [-0.05, 0) is 52.8 Å². The van der Waals surface area contributed by atoms with Crippen LogP contribution in [0.15, 0.2) is 24.4 Å². The molecule has 0 atom stereocenters. The zero-order valence-electron chi connectivity index (χ0n) is 13.5. The molecule has 1 aliphatic heterocycles. The molecular weight excluding hydrogens is 246 g/mol. The van der Waals surface area contributed by atoms with E-state index in [0.29, 0.717) is 5.54 Å². The monoisotopic (exact) mass is 275 g/mol. The van der Waals surface area contributed by atoms with E-state index in [1.165, 1.54) is 31.6 Å². The van der Waals surface area contributed by atoms with Crippen LogP contribution in [0.4, 0.5) is 0 Å². The highest BCUT2D eigenvalue weighted by atomic mass is 15.2. The first-order chi connectivity index (χ1) is 9.47. The third-order valence-corrected chi connectivity index (χ3v) is 4.48. The lowest BCUT2D eigenvalue weighted by Gasteiger charge is -2.43. The summed E-state index contributed by atoms with van der Waals surface area (Å²) in [7, 11) is 2.26. The van der Waals surface area contributed by atoms with Gasteiger partial charge >= 0.3 is 0 Å². The zero-order chi connectivity index (χ0) is 14.6. The molecule has 20 heavy (non-hydrogen) atoms. The molecule has 0 amide bonds. The van der Waals surface area contributed by atoms with E-state index in [4.69, 9.17) is 0 Å². The van der Waals surface area contributed by atoms with E-state index in [-0.39, 0.29) is 0 Å². The Morgan fingerprint density at radius 3 is 2.50 bits per heavy atom. The van der Waals surface area contributed by atoms with Gasteiger partial charge in [0.15, 0.2) is 0 Å². The van der Waals surface area contributed by atoms with Gasteiger partial charge in [0.2, 0.25) is 0 Å². The highest BCUT2D eigenvalue weighted by Gasteiger charge is 2.28. The molecule has 1 aromatic heterocycles. The quantitative estimate of drug-likeness (QED) is 0.842. The Morgan fingerprint density at radius 2 is 1.95 bits per heavy atom. The molecular formula is C17H29N3. The van der Waals surface area contributed by atoms with Gasteiger partial charge in [-0.2, -0.15) is 0 Å². The van der Waals surface area contributed by atoms with Crippen LogP contribution < -0.4 is 0 Å². The molecule has 2 heterocycles. The minimum atomic E-state index is 0.317. The number of pyridine rings is 1. The Balaban J connectivity index is 1.76. The molecule has 0 N–H and O–H groups in total. The van der Waals surface area contributed by atoms with Crippen LogP contribution in [0.25, 0.3) is 0 Å². The lowest BCUT2D eigenvalue weighted by molar-refractivity contribution is 0.0658. The van der Waals surface area contributed by atoms with E-state index in [9.17, 15) is 0 Å². The summed E-state index contributed by atoms with van der Waals surface area (Å²) in [6.45, 7) is 10.5. The summed E-state index contributed by atoms with van der Waals surface area (Å²) in [6, 6.07) is 6.91. The maximum atomic E-state index is 4.41. The molecule has 1 saturated heterocycles. The van der Waals surface area contributed by atoms with Crippen molar-refractivity contribution in [2.45, 2.75) is 51.6 Å². The van der Waals surface area contributed by atoms with Crippen molar-refractivity contribution in [3.05, 3.63) is 30.1 Å². The summed E-state index contributed by atoms with van der Waals surface area (Å²) in [4.78, 5) is 9.54. The van der Waals surface area contributed by atoms with Crippen LogP contribution in [0, 0.1) is 0 Å². The SMILES string of the molecule is CN(CCc1ccccn1)C1CCN(C(C)(C)C)CC1. The van der Waals surface area contributed by atoms with E-state index >= 15 is 0 Å². The van der Waals surface area contributed by atoms with Crippen LogP contribution in [0.5, 0.6) is 0 Å². The normalized spacial score (nSPS) is 18.6. The maximum absolute atomic E-state index is 4.41. The predicted molar refractivity (Wildman–Crippen MR) is 84.9 cm³/mol. The summed E-state index contributed by atoms with van der Waals surface area (Å²) < 4.78 is 0. The van der Waals surface area contributed by atoms with Crippen LogP contribution in [0.2, 0.25) is 0 Å². The molecule has 0 radical (unpaired) electrons. The van der Waals surface area contributed by atoms with Crippen molar-refractivity contribution >= 4 is 0 Å². The fraction of sp³-hybridized carbons (Fsp3) is 0.706. The van der Waals surface area contributed by atoms with Gasteiger partial charge in [-0.3, -0.25) is 9.88 Å². The lowest BCUT2D eigenvalue weighted by atomic mass is 9.97. The molecule has 1 aliphatic rings. The molecule has 0 aliphatic carbocycles. The Morgan fingerprint density at radius 1 is 1.25 bits per heavy atom. The number of rotatable bonds is 4. The van der Waals surface area contributed by atoms with E-state index in [1.807, 2.05) is 12.3 Å². The van der Waals surface area contributed by atoms with Crippen molar-refractivity contribution in [1.82, 2.24) is 14.8 Å². The van der Waals surface area contributed by atoms with Crippen molar-refractivity contribution in [2.24, 2.45) is 0 Å². The molecule has 1 fully saturated rings. The van der Waals surface area contributed by atoms with E-state index in [0.717, 1.165) is 19.0 Å². The largest absolute Gasteiger partial charge is 0.303 e. The fourth-order valence-electron chi connectivity index (χ4n) is 3.00. The Kier molecular flexibility index (Phi) is 5.17. The Bertz CT molecular complexity index is 388. The first kappa shape index (κ1) is 15.5. The number of likely N-dealkylation sites (tertiary alicyclic amines) is 1. The van der Waals surface area contributed by atoms with E-state index < -0.39 is 0 Å². The summed E-state index contributed by atoms with van der Waals surface area (Å²) in [5.74, 6) is 0. The number of likely N-dealkylation sites (N-methyl/N-ethyl adjacent to an activating group) is 1. The first-order valence-corrected chi connectivity index (χ1v) is 7.82. The van der Waals surface area contributed by atoms with Crippen molar-refractivity contribution in [3.63, 3.8) is 0 Å². The van der Waals surface area contributed by atoms with Gasteiger partial charge in [-0.25, -0.2) is 0 Å². The van der Waals surface area contributed by atoms with Crippen LogP contribution >= 0.6 is 0 Å². The predicted octanol–water partition coefficient (Wildman–Crippen LogP) is 2.82. The molecule has 2 rings (SSSR count). The van der Waals surface area contributed by atoms with E-state index in [1.54, 1.807) is 0 Å². The van der Waals surface area contributed by atoms with Gasteiger partial charge in [0.1, 0.15) is 0 Å². The highest BCUT2D eigenvalue weighted by molar-refractivity contribution is 5.03. The van der Waals surface area contributed by atoms with Crippen molar-refractivity contribution < 1.29 is 0 Å². The molecule has 1 aromatic rings. The van der Waals surface area contributed by atoms with Gasteiger partial charge in [-0.15, -0.1) is 0 Å². The van der Waals surface area contributed by atoms with E-state index in [2.05, 4.69) is 54.7 Å². The number of piperidine rings is 1. The number of hydrogen-bond donors (Lipinski definition) is 0. The molecule has 3 heteroatoms. The fourth-order valence-corrected chi connectivity index (χ4v) is 3.00. The Labute approximate surface area is 124 Å². The number of nitrogens with zero attached hydrogens (tertiary/aromatic N) is 3. The minimum Gasteiger partial charge on any atom is -0.303 e. The van der Waals surface area contributed by atoms with Crippen LogP contribution in [0.3, 0.4) is 0 Å². The molecule has 0 saturated carbocycles. The molecule has 112 valence electrons. The number of aromatic nitrogens is 1. The smallest absolute Gasteiger partial charge is 0.0416 e. The van der Waals surface area contributed by atoms with Crippen LogP contribution in [-0.2, 0) is 6.42 Å². The lowest BCUT2D eigenvalue weighted by Crippen LogP contribution is -2.50. The second-order valence-corrected chi connectivity index (χ2v) is 6.94. The summed E-state index contributed by atoms with van der Waals surface area (Å²) in [5.41, 5.74) is 1.52.